The lowest BCUT2D eigenvalue weighted by Crippen LogP contribution is -2.12. The van der Waals surface area contributed by atoms with Crippen LogP contribution in [0.15, 0.2) is 6.20 Å². The average molecular weight is 298 g/mol. The molecule has 7 heteroatoms. The molecule has 0 amide bonds. The summed E-state index contributed by atoms with van der Waals surface area (Å²) in [6.07, 6.45) is -2.29. The van der Waals surface area contributed by atoms with Crippen LogP contribution in [0.25, 0.3) is 0 Å². The van der Waals surface area contributed by atoms with E-state index < -0.39 is 29.5 Å². The average Bonchev–Trinajstić information content (AvgIpc) is 2.26. The molecule has 0 radical (unpaired) electrons. The largest absolute Gasteiger partial charge is 0.465 e. The number of ether oxygens (including phenoxy) is 1. The van der Waals surface area contributed by atoms with Crippen LogP contribution < -0.4 is 0 Å². The summed E-state index contributed by atoms with van der Waals surface area (Å²) in [6, 6.07) is 0. The van der Waals surface area contributed by atoms with E-state index >= 15 is 0 Å². The Bertz CT molecular complexity index is 412. The van der Waals surface area contributed by atoms with Gasteiger partial charge in [0.15, 0.2) is 5.82 Å². The number of pyridine rings is 1. The minimum absolute atomic E-state index is 0.109. The molecule has 0 aromatic carbocycles. The predicted octanol–water partition coefficient (Wildman–Crippen LogP) is 2.84. The highest BCUT2D eigenvalue weighted by atomic mass is 79.9. The van der Waals surface area contributed by atoms with E-state index in [1.54, 1.807) is 0 Å². The first kappa shape index (κ1) is 13.0. The number of methoxy groups -OCH3 is 1. The molecule has 1 aromatic heterocycles. The van der Waals surface area contributed by atoms with Crippen LogP contribution in [0.2, 0.25) is 0 Å². The maximum Gasteiger partial charge on any atom is 0.341 e. The van der Waals surface area contributed by atoms with Crippen LogP contribution in [0.5, 0.6) is 0 Å². The van der Waals surface area contributed by atoms with Crippen LogP contribution in [0.4, 0.5) is 13.2 Å². The van der Waals surface area contributed by atoms with Gasteiger partial charge in [-0.3, -0.25) is 4.98 Å². The number of hydrogen-bond donors (Lipinski definition) is 0. The number of carbonyl (C=O) groups is 1. The first-order valence-corrected chi connectivity index (χ1v) is 5.24. The van der Waals surface area contributed by atoms with Gasteiger partial charge in [-0.1, -0.05) is 15.9 Å². The third kappa shape index (κ3) is 2.34. The van der Waals surface area contributed by atoms with Gasteiger partial charge in [0.1, 0.15) is 11.3 Å². The minimum atomic E-state index is -2.88. The maximum absolute atomic E-state index is 13.3. The number of hydrogen-bond acceptors (Lipinski definition) is 3. The first-order chi connectivity index (χ1) is 7.52. The Kier molecular flexibility index (Phi) is 4.28. The fraction of sp³-hybridized carbons (Fsp3) is 0.333. The standard InChI is InChI=1S/C9H7BrF3NO2/c1-16-9(15)6-4(2-10)7(8(12)13)14-3-5(6)11/h3,8H,2H2,1H3. The van der Waals surface area contributed by atoms with E-state index in [0.29, 0.717) is 6.20 Å². The molecule has 0 N–H and O–H groups in total. The van der Waals surface area contributed by atoms with Gasteiger partial charge < -0.3 is 4.74 Å². The van der Waals surface area contributed by atoms with Crippen molar-refractivity contribution in [2.24, 2.45) is 0 Å². The summed E-state index contributed by atoms with van der Waals surface area (Å²) >= 11 is 2.91. The third-order valence-corrected chi connectivity index (χ3v) is 2.46. The van der Waals surface area contributed by atoms with Crippen LogP contribution in [0, 0.1) is 5.82 Å². The Hall–Kier alpha value is -1.11. The Labute approximate surface area is 97.8 Å². The molecular weight excluding hydrogens is 291 g/mol. The topological polar surface area (TPSA) is 39.2 Å². The molecule has 1 aromatic rings. The number of alkyl halides is 3. The Morgan fingerprint density at radius 3 is 2.69 bits per heavy atom. The Morgan fingerprint density at radius 2 is 2.25 bits per heavy atom. The SMILES string of the molecule is COC(=O)c1c(F)cnc(C(F)F)c1CBr. The molecule has 0 atom stereocenters. The lowest BCUT2D eigenvalue weighted by molar-refractivity contribution is 0.0593. The molecular formula is C9H7BrF3NO2. The van der Waals surface area contributed by atoms with E-state index in [2.05, 4.69) is 25.7 Å². The highest BCUT2D eigenvalue weighted by Gasteiger charge is 2.24. The van der Waals surface area contributed by atoms with Crippen LogP contribution in [-0.4, -0.2) is 18.1 Å². The molecule has 0 aliphatic heterocycles. The highest BCUT2D eigenvalue weighted by Crippen LogP contribution is 2.27. The van der Waals surface area contributed by atoms with E-state index in [9.17, 15) is 18.0 Å². The molecule has 16 heavy (non-hydrogen) atoms. The second kappa shape index (κ2) is 5.29. The van der Waals surface area contributed by atoms with Crippen molar-refractivity contribution in [3.8, 4) is 0 Å². The summed E-state index contributed by atoms with van der Waals surface area (Å²) in [5, 5.41) is -0.109. The first-order valence-electron chi connectivity index (χ1n) is 4.12. The van der Waals surface area contributed by atoms with Crippen molar-refractivity contribution in [3.05, 3.63) is 28.8 Å². The summed E-state index contributed by atoms with van der Waals surface area (Å²) in [5.74, 6) is -1.98. The Balaban J connectivity index is 3.44. The zero-order valence-electron chi connectivity index (χ0n) is 8.14. The second-order valence-electron chi connectivity index (χ2n) is 2.77. The lowest BCUT2D eigenvalue weighted by Gasteiger charge is -2.10. The minimum Gasteiger partial charge on any atom is -0.465 e. The van der Waals surface area contributed by atoms with Gasteiger partial charge in [0.05, 0.1) is 13.3 Å². The number of rotatable bonds is 3. The molecule has 0 unspecified atom stereocenters. The van der Waals surface area contributed by atoms with E-state index in [1.807, 2.05) is 0 Å². The van der Waals surface area contributed by atoms with Crippen molar-refractivity contribution >= 4 is 21.9 Å². The van der Waals surface area contributed by atoms with Gasteiger partial charge in [0.2, 0.25) is 0 Å². The maximum atomic E-state index is 13.3. The molecule has 3 nitrogen and oxygen atoms in total. The molecule has 88 valence electrons. The fourth-order valence-electron chi connectivity index (χ4n) is 1.19. The zero-order chi connectivity index (χ0) is 12.3. The van der Waals surface area contributed by atoms with E-state index in [0.717, 1.165) is 7.11 Å². The Morgan fingerprint density at radius 1 is 1.62 bits per heavy atom. The summed E-state index contributed by atoms with van der Waals surface area (Å²) in [6.45, 7) is 0. The van der Waals surface area contributed by atoms with Gasteiger partial charge in [0.25, 0.3) is 6.43 Å². The molecule has 0 bridgehead atoms. The van der Waals surface area contributed by atoms with E-state index in [-0.39, 0.29) is 10.9 Å². The number of carbonyl (C=O) groups excluding carboxylic acids is 1. The summed E-state index contributed by atoms with van der Waals surface area (Å²) in [5.41, 5.74) is -1.33. The zero-order valence-corrected chi connectivity index (χ0v) is 9.72. The monoisotopic (exact) mass is 297 g/mol. The van der Waals surface area contributed by atoms with Crippen molar-refractivity contribution in [2.75, 3.05) is 7.11 Å². The molecule has 0 saturated heterocycles. The molecule has 1 rings (SSSR count). The molecule has 0 aliphatic rings. The molecule has 0 spiro atoms. The molecule has 0 aliphatic carbocycles. The number of esters is 1. The number of halogens is 4. The third-order valence-electron chi connectivity index (χ3n) is 1.90. The second-order valence-corrected chi connectivity index (χ2v) is 3.33. The van der Waals surface area contributed by atoms with Crippen LogP contribution in [0.1, 0.15) is 28.0 Å². The summed E-state index contributed by atoms with van der Waals surface area (Å²) in [4.78, 5) is 14.5. The quantitative estimate of drug-likeness (QED) is 0.636. The normalized spacial score (nSPS) is 10.6. The van der Waals surface area contributed by atoms with Crippen molar-refractivity contribution in [1.29, 1.82) is 0 Å². The fourth-order valence-corrected chi connectivity index (χ4v) is 1.75. The molecule has 1 heterocycles. The number of aromatic nitrogens is 1. The summed E-state index contributed by atoms with van der Waals surface area (Å²) in [7, 11) is 1.04. The molecule has 0 fully saturated rings. The van der Waals surface area contributed by atoms with Crippen molar-refractivity contribution in [3.63, 3.8) is 0 Å². The van der Waals surface area contributed by atoms with Crippen LogP contribution >= 0.6 is 15.9 Å². The van der Waals surface area contributed by atoms with Crippen molar-refractivity contribution in [2.45, 2.75) is 11.8 Å². The molecule has 0 saturated carbocycles. The van der Waals surface area contributed by atoms with Gasteiger partial charge in [0, 0.05) is 10.9 Å². The van der Waals surface area contributed by atoms with Gasteiger partial charge in [-0.25, -0.2) is 18.0 Å². The van der Waals surface area contributed by atoms with E-state index in [1.165, 1.54) is 0 Å². The smallest absolute Gasteiger partial charge is 0.341 e. The predicted molar refractivity (Wildman–Crippen MR) is 53.1 cm³/mol. The van der Waals surface area contributed by atoms with Gasteiger partial charge in [-0.2, -0.15) is 0 Å². The van der Waals surface area contributed by atoms with Gasteiger partial charge in [-0.15, -0.1) is 0 Å². The van der Waals surface area contributed by atoms with E-state index in [4.69, 9.17) is 0 Å². The van der Waals surface area contributed by atoms with Crippen molar-refractivity contribution < 1.29 is 22.7 Å². The van der Waals surface area contributed by atoms with Gasteiger partial charge in [-0.05, 0) is 0 Å². The van der Waals surface area contributed by atoms with Crippen molar-refractivity contribution in [1.82, 2.24) is 4.98 Å². The van der Waals surface area contributed by atoms with Crippen LogP contribution in [-0.2, 0) is 10.1 Å². The lowest BCUT2D eigenvalue weighted by atomic mass is 10.1. The highest BCUT2D eigenvalue weighted by molar-refractivity contribution is 9.08. The summed E-state index contributed by atoms with van der Waals surface area (Å²) < 4.78 is 42.7. The number of nitrogens with zero attached hydrogens (tertiary/aromatic N) is 1. The van der Waals surface area contributed by atoms with Gasteiger partial charge >= 0.3 is 5.97 Å². The van der Waals surface area contributed by atoms with Crippen LogP contribution in [0.3, 0.4) is 0 Å².